The van der Waals surface area contributed by atoms with Crippen molar-refractivity contribution in [2.75, 3.05) is 27.2 Å². The Morgan fingerprint density at radius 2 is 1.82 bits per heavy atom. The second kappa shape index (κ2) is 6.62. The summed E-state index contributed by atoms with van der Waals surface area (Å²) in [5.41, 5.74) is 7.06. The van der Waals surface area contributed by atoms with Crippen molar-refractivity contribution < 1.29 is 4.74 Å². The van der Waals surface area contributed by atoms with Crippen LogP contribution in [0.2, 0.25) is 0 Å². The van der Waals surface area contributed by atoms with Gasteiger partial charge in [0.2, 0.25) is 0 Å². The molecular formula is C14H24N2O. The van der Waals surface area contributed by atoms with Crippen LogP contribution < -0.4 is 10.5 Å². The van der Waals surface area contributed by atoms with Crippen molar-refractivity contribution in [2.45, 2.75) is 19.9 Å². The Morgan fingerprint density at radius 1 is 1.24 bits per heavy atom. The molecule has 3 heteroatoms. The van der Waals surface area contributed by atoms with Gasteiger partial charge in [-0.15, -0.1) is 0 Å². The van der Waals surface area contributed by atoms with Crippen molar-refractivity contribution >= 4 is 0 Å². The summed E-state index contributed by atoms with van der Waals surface area (Å²) in [4.78, 5) is 2.22. The summed E-state index contributed by atoms with van der Waals surface area (Å²) in [6.45, 7) is 5.57. The molecule has 0 saturated heterocycles. The number of ether oxygens (including phenoxy) is 1. The Morgan fingerprint density at radius 3 is 2.24 bits per heavy atom. The lowest BCUT2D eigenvalue weighted by molar-refractivity contribution is 0.227. The smallest absolute Gasteiger partial charge is 0.119 e. The number of rotatable bonds is 6. The molecule has 96 valence electrons. The third-order valence-corrected chi connectivity index (χ3v) is 3.00. The number of hydrogen-bond donors (Lipinski definition) is 1. The van der Waals surface area contributed by atoms with Crippen LogP contribution in [0.4, 0.5) is 0 Å². The molecule has 0 saturated carbocycles. The molecule has 0 aliphatic rings. The van der Waals surface area contributed by atoms with E-state index in [-0.39, 0.29) is 0 Å². The molecule has 0 fully saturated rings. The highest BCUT2D eigenvalue weighted by Gasteiger charge is 2.20. The van der Waals surface area contributed by atoms with Crippen LogP contribution in [-0.2, 0) is 0 Å². The lowest BCUT2D eigenvalue weighted by Crippen LogP contribution is -2.30. The first kappa shape index (κ1) is 14.0. The van der Waals surface area contributed by atoms with Crippen LogP contribution in [0.25, 0.3) is 0 Å². The fourth-order valence-electron chi connectivity index (χ4n) is 2.19. The van der Waals surface area contributed by atoms with Gasteiger partial charge in [-0.1, -0.05) is 19.1 Å². The van der Waals surface area contributed by atoms with Gasteiger partial charge >= 0.3 is 0 Å². The normalized spacial score (nSPS) is 14.7. The molecule has 1 aromatic carbocycles. The van der Waals surface area contributed by atoms with Gasteiger partial charge in [-0.05, 0) is 51.2 Å². The van der Waals surface area contributed by atoms with E-state index in [1.807, 2.05) is 19.1 Å². The summed E-state index contributed by atoms with van der Waals surface area (Å²) in [7, 11) is 4.18. The molecule has 1 aromatic rings. The Kier molecular flexibility index (Phi) is 5.45. The van der Waals surface area contributed by atoms with Gasteiger partial charge in [0.1, 0.15) is 5.75 Å². The van der Waals surface area contributed by atoms with E-state index >= 15 is 0 Å². The third-order valence-electron chi connectivity index (χ3n) is 3.00. The van der Waals surface area contributed by atoms with Gasteiger partial charge in [0, 0.05) is 6.04 Å². The van der Waals surface area contributed by atoms with Crippen LogP contribution in [0, 0.1) is 5.92 Å². The van der Waals surface area contributed by atoms with E-state index in [0.717, 1.165) is 5.75 Å². The average molecular weight is 236 g/mol. The van der Waals surface area contributed by atoms with Gasteiger partial charge in [-0.2, -0.15) is 0 Å². The molecule has 0 aromatic heterocycles. The molecule has 0 aliphatic heterocycles. The fourth-order valence-corrected chi connectivity index (χ4v) is 2.19. The Bertz CT molecular complexity index is 321. The second-order valence-electron chi connectivity index (χ2n) is 4.62. The topological polar surface area (TPSA) is 38.5 Å². The minimum absolute atomic E-state index is 0.357. The van der Waals surface area contributed by atoms with Crippen molar-refractivity contribution in [3.63, 3.8) is 0 Å². The van der Waals surface area contributed by atoms with Crippen LogP contribution in [-0.4, -0.2) is 32.1 Å². The average Bonchev–Trinajstić information content (AvgIpc) is 2.31. The maximum atomic E-state index is 5.77. The van der Waals surface area contributed by atoms with Gasteiger partial charge in [-0.25, -0.2) is 0 Å². The van der Waals surface area contributed by atoms with E-state index in [1.165, 1.54) is 5.56 Å². The summed E-state index contributed by atoms with van der Waals surface area (Å²) in [6, 6.07) is 8.66. The molecule has 17 heavy (non-hydrogen) atoms. The minimum Gasteiger partial charge on any atom is -0.494 e. The SMILES string of the molecule is CCOc1ccc(C(C(C)CN)N(C)C)cc1. The maximum Gasteiger partial charge on any atom is 0.119 e. The zero-order valence-corrected chi connectivity index (χ0v) is 11.3. The lowest BCUT2D eigenvalue weighted by Gasteiger charge is -2.30. The highest BCUT2D eigenvalue weighted by atomic mass is 16.5. The molecule has 0 radical (unpaired) electrons. The van der Waals surface area contributed by atoms with E-state index in [9.17, 15) is 0 Å². The monoisotopic (exact) mass is 236 g/mol. The zero-order valence-electron chi connectivity index (χ0n) is 11.3. The van der Waals surface area contributed by atoms with Crippen LogP contribution in [0.15, 0.2) is 24.3 Å². The number of nitrogens with zero attached hydrogens (tertiary/aromatic N) is 1. The van der Waals surface area contributed by atoms with Crippen molar-refractivity contribution in [1.29, 1.82) is 0 Å². The molecule has 3 nitrogen and oxygen atoms in total. The van der Waals surface area contributed by atoms with E-state index in [4.69, 9.17) is 10.5 Å². The summed E-state index contributed by atoms with van der Waals surface area (Å²) < 4.78 is 5.45. The molecule has 2 atom stereocenters. The van der Waals surface area contributed by atoms with Crippen molar-refractivity contribution in [2.24, 2.45) is 11.7 Å². The van der Waals surface area contributed by atoms with E-state index < -0.39 is 0 Å². The van der Waals surface area contributed by atoms with Crippen molar-refractivity contribution in [3.05, 3.63) is 29.8 Å². The zero-order chi connectivity index (χ0) is 12.8. The van der Waals surface area contributed by atoms with Crippen molar-refractivity contribution in [1.82, 2.24) is 4.90 Å². The quantitative estimate of drug-likeness (QED) is 0.823. The molecule has 2 unspecified atom stereocenters. The van der Waals surface area contributed by atoms with E-state index in [0.29, 0.717) is 25.1 Å². The Labute approximate surface area is 105 Å². The Hall–Kier alpha value is -1.06. The molecule has 2 N–H and O–H groups in total. The number of benzene rings is 1. The predicted octanol–water partition coefficient (Wildman–Crippen LogP) is 2.28. The molecule has 0 heterocycles. The Balaban J connectivity index is 2.87. The third kappa shape index (κ3) is 3.72. The van der Waals surface area contributed by atoms with Crippen molar-refractivity contribution in [3.8, 4) is 5.75 Å². The van der Waals surface area contributed by atoms with E-state index in [2.05, 4.69) is 38.1 Å². The standard InChI is InChI=1S/C14H24N2O/c1-5-17-13-8-6-12(7-9-13)14(16(3)4)11(2)10-15/h6-9,11,14H,5,10,15H2,1-4H3. The van der Waals surface area contributed by atoms with Gasteiger partial charge in [-0.3, -0.25) is 0 Å². The molecular weight excluding hydrogens is 212 g/mol. The lowest BCUT2D eigenvalue weighted by atomic mass is 9.93. The molecule has 0 spiro atoms. The first-order valence-electron chi connectivity index (χ1n) is 6.19. The summed E-state index contributed by atoms with van der Waals surface area (Å²) in [5.74, 6) is 1.36. The van der Waals surface area contributed by atoms with Gasteiger partial charge in [0.15, 0.2) is 0 Å². The molecule has 1 rings (SSSR count). The number of hydrogen-bond acceptors (Lipinski definition) is 3. The van der Waals surface area contributed by atoms with Gasteiger partial charge in [0.25, 0.3) is 0 Å². The maximum absolute atomic E-state index is 5.77. The molecule has 0 bridgehead atoms. The first-order valence-corrected chi connectivity index (χ1v) is 6.19. The van der Waals surface area contributed by atoms with Gasteiger partial charge in [0.05, 0.1) is 6.61 Å². The highest BCUT2D eigenvalue weighted by Crippen LogP contribution is 2.27. The first-order chi connectivity index (χ1) is 8.10. The highest BCUT2D eigenvalue weighted by molar-refractivity contribution is 5.29. The fraction of sp³-hybridized carbons (Fsp3) is 0.571. The minimum atomic E-state index is 0.357. The van der Waals surface area contributed by atoms with Crippen LogP contribution in [0.3, 0.4) is 0 Å². The molecule has 0 aliphatic carbocycles. The number of nitrogens with two attached hydrogens (primary N) is 1. The van der Waals surface area contributed by atoms with Crippen LogP contribution >= 0.6 is 0 Å². The summed E-state index contributed by atoms with van der Waals surface area (Å²) in [5, 5.41) is 0. The summed E-state index contributed by atoms with van der Waals surface area (Å²) >= 11 is 0. The molecule has 0 amide bonds. The van der Waals surface area contributed by atoms with Crippen LogP contribution in [0.1, 0.15) is 25.5 Å². The predicted molar refractivity (Wildman–Crippen MR) is 72.3 cm³/mol. The van der Waals surface area contributed by atoms with Crippen LogP contribution in [0.5, 0.6) is 5.75 Å². The van der Waals surface area contributed by atoms with Gasteiger partial charge < -0.3 is 15.4 Å². The summed E-state index contributed by atoms with van der Waals surface area (Å²) in [6.07, 6.45) is 0. The largest absolute Gasteiger partial charge is 0.494 e. The van der Waals surface area contributed by atoms with E-state index in [1.54, 1.807) is 0 Å². The second-order valence-corrected chi connectivity index (χ2v) is 4.62.